The van der Waals surface area contributed by atoms with Gasteiger partial charge in [0.05, 0.1) is 17.4 Å². The third-order valence-corrected chi connectivity index (χ3v) is 3.06. The Labute approximate surface area is 99.9 Å². The largest absolute Gasteiger partial charge is 0.324 e. The van der Waals surface area contributed by atoms with Crippen molar-refractivity contribution in [2.24, 2.45) is 5.92 Å². The van der Waals surface area contributed by atoms with E-state index < -0.39 is 0 Å². The molecule has 1 aliphatic carbocycles. The van der Waals surface area contributed by atoms with Crippen LogP contribution in [0, 0.1) is 12.8 Å². The molecule has 0 bridgehead atoms. The second-order valence-corrected chi connectivity index (χ2v) is 4.68. The van der Waals surface area contributed by atoms with Gasteiger partial charge >= 0.3 is 0 Å². The average Bonchev–Trinajstić information content (AvgIpc) is 3.13. The lowest BCUT2D eigenvalue weighted by Gasteiger charge is -2.05. The van der Waals surface area contributed by atoms with Gasteiger partial charge in [-0.05, 0) is 37.5 Å². The minimum Gasteiger partial charge on any atom is -0.324 e. The number of hydrogen-bond acceptors (Lipinski definition) is 2. The third kappa shape index (κ3) is 2.13. The maximum Gasteiger partial charge on any atom is 0.227 e. The molecule has 86 valence electrons. The number of carbonyl (C=O) groups is 1. The molecule has 0 radical (unpaired) electrons. The molecule has 1 N–H and O–H groups in total. The number of nitrogens with one attached hydrogen (secondary N) is 1. The van der Waals surface area contributed by atoms with Gasteiger partial charge in [-0.2, -0.15) is 0 Å². The average molecular weight is 226 g/mol. The smallest absolute Gasteiger partial charge is 0.227 e. The van der Waals surface area contributed by atoms with Crippen LogP contribution in [0.4, 0.5) is 5.69 Å². The lowest BCUT2D eigenvalue weighted by atomic mass is 10.1. The lowest BCUT2D eigenvalue weighted by Crippen LogP contribution is -2.13. The zero-order valence-electron chi connectivity index (χ0n) is 9.73. The van der Waals surface area contributed by atoms with Crippen molar-refractivity contribution in [1.29, 1.82) is 0 Å². The summed E-state index contributed by atoms with van der Waals surface area (Å²) < 4.78 is 0. The number of aromatic nitrogens is 1. The van der Waals surface area contributed by atoms with Crippen molar-refractivity contribution in [3.8, 4) is 0 Å². The van der Waals surface area contributed by atoms with Gasteiger partial charge in [-0.3, -0.25) is 9.78 Å². The molecule has 0 aliphatic heterocycles. The molecule has 1 aliphatic rings. The van der Waals surface area contributed by atoms with Gasteiger partial charge in [-0.15, -0.1) is 0 Å². The van der Waals surface area contributed by atoms with Crippen LogP contribution < -0.4 is 5.32 Å². The Hall–Kier alpha value is -1.90. The van der Waals surface area contributed by atoms with Gasteiger partial charge in [0.25, 0.3) is 0 Å². The summed E-state index contributed by atoms with van der Waals surface area (Å²) in [7, 11) is 0. The van der Waals surface area contributed by atoms with Gasteiger partial charge in [-0.1, -0.05) is 12.1 Å². The van der Waals surface area contributed by atoms with Gasteiger partial charge in [0.15, 0.2) is 0 Å². The van der Waals surface area contributed by atoms with Crippen molar-refractivity contribution in [3.05, 3.63) is 36.0 Å². The van der Waals surface area contributed by atoms with Crippen molar-refractivity contribution < 1.29 is 4.79 Å². The van der Waals surface area contributed by atoms with Gasteiger partial charge < -0.3 is 5.32 Å². The quantitative estimate of drug-likeness (QED) is 0.855. The van der Waals surface area contributed by atoms with Crippen LogP contribution in [0.3, 0.4) is 0 Å². The predicted octanol–water partition coefficient (Wildman–Crippen LogP) is 2.89. The van der Waals surface area contributed by atoms with Crippen LogP contribution in [0.15, 0.2) is 30.5 Å². The normalized spacial score (nSPS) is 14.9. The zero-order chi connectivity index (χ0) is 11.8. The Kier molecular flexibility index (Phi) is 2.32. The number of amides is 1. The highest BCUT2D eigenvalue weighted by Crippen LogP contribution is 2.30. The van der Waals surface area contributed by atoms with E-state index >= 15 is 0 Å². The molecule has 1 amide bonds. The molecule has 0 saturated heterocycles. The first-order valence-electron chi connectivity index (χ1n) is 5.90. The lowest BCUT2D eigenvalue weighted by molar-refractivity contribution is -0.117. The molecular formula is C14H14N2O. The molecule has 3 heteroatoms. The summed E-state index contributed by atoms with van der Waals surface area (Å²) in [4.78, 5) is 16.0. The highest BCUT2D eigenvalue weighted by atomic mass is 16.2. The van der Waals surface area contributed by atoms with Crippen LogP contribution in [0.25, 0.3) is 10.9 Å². The number of carbonyl (C=O) groups excluding carboxylic acids is 1. The summed E-state index contributed by atoms with van der Waals surface area (Å²) >= 11 is 0. The molecule has 2 aromatic rings. The maximum absolute atomic E-state index is 11.6. The molecule has 3 nitrogen and oxygen atoms in total. The topological polar surface area (TPSA) is 42.0 Å². The highest BCUT2D eigenvalue weighted by molar-refractivity contribution is 5.95. The van der Waals surface area contributed by atoms with Gasteiger partial charge in [0, 0.05) is 11.3 Å². The van der Waals surface area contributed by atoms with E-state index in [1.54, 1.807) is 6.20 Å². The number of rotatable bonds is 2. The predicted molar refractivity (Wildman–Crippen MR) is 67.8 cm³/mol. The number of pyridine rings is 1. The first-order valence-corrected chi connectivity index (χ1v) is 5.90. The Bertz CT molecular complexity index is 588. The molecular weight excluding hydrogens is 212 g/mol. The number of anilines is 1. The fourth-order valence-electron chi connectivity index (χ4n) is 1.89. The number of aryl methyl sites for hydroxylation is 1. The molecule has 0 atom stereocenters. The van der Waals surface area contributed by atoms with Crippen molar-refractivity contribution in [3.63, 3.8) is 0 Å². The maximum atomic E-state index is 11.6. The minimum atomic E-state index is 0.123. The van der Waals surface area contributed by atoms with Crippen LogP contribution in [-0.2, 0) is 4.79 Å². The monoisotopic (exact) mass is 226 g/mol. The molecule has 17 heavy (non-hydrogen) atoms. The summed E-state index contributed by atoms with van der Waals surface area (Å²) in [5.41, 5.74) is 2.95. The molecule has 1 heterocycles. The summed E-state index contributed by atoms with van der Waals surface area (Å²) in [5, 5.41) is 3.97. The molecule has 1 aromatic heterocycles. The van der Waals surface area contributed by atoms with Crippen molar-refractivity contribution in [2.45, 2.75) is 19.8 Å². The Morgan fingerprint density at radius 1 is 1.35 bits per heavy atom. The van der Waals surface area contributed by atoms with E-state index in [1.807, 2.05) is 25.1 Å². The number of hydrogen-bond donors (Lipinski definition) is 1. The second kappa shape index (κ2) is 3.84. The zero-order valence-corrected chi connectivity index (χ0v) is 9.73. The fraction of sp³-hybridized carbons (Fsp3) is 0.286. The van der Waals surface area contributed by atoms with Crippen molar-refractivity contribution in [2.75, 3.05) is 5.32 Å². The van der Waals surface area contributed by atoms with Crippen molar-refractivity contribution in [1.82, 2.24) is 4.98 Å². The number of benzene rings is 1. The summed E-state index contributed by atoms with van der Waals surface area (Å²) in [6.45, 7) is 2.05. The van der Waals surface area contributed by atoms with Gasteiger partial charge in [-0.25, -0.2) is 0 Å². The van der Waals surface area contributed by atoms with E-state index in [4.69, 9.17) is 0 Å². The van der Waals surface area contributed by atoms with E-state index in [2.05, 4.69) is 16.4 Å². The first kappa shape index (κ1) is 10.3. The minimum absolute atomic E-state index is 0.123. The fourth-order valence-corrected chi connectivity index (χ4v) is 1.89. The Balaban J connectivity index is 1.90. The molecule has 0 spiro atoms. The standard InChI is InChI=1S/C14H14N2O/c1-9-2-3-11-7-12(8-15-13(11)6-9)16-14(17)10-4-5-10/h2-3,6-8,10H,4-5H2,1H3,(H,16,17). The summed E-state index contributed by atoms with van der Waals surface area (Å²) in [6.07, 6.45) is 3.76. The van der Waals surface area contributed by atoms with E-state index in [1.165, 1.54) is 5.56 Å². The molecule has 1 aromatic carbocycles. The highest BCUT2D eigenvalue weighted by Gasteiger charge is 2.29. The van der Waals surface area contributed by atoms with Crippen molar-refractivity contribution >= 4 is 22.5 Å². The third-order valence-electron chi connectivity index (χ3n) is 3.06. The van der Waals surface area contributed by atoms with E-state index in [9.17, 15) is 4.79 Å². The molecule has 0 unspecified atom stereocenters. The van der Waals surface area contributed by atoms with Crippen LogP contribution in [0.5, 0.6) is 0 Å². The van der Waals surface area contributed by atoms with Crippen LogP contribution in [-0.4, -0.2) is 10.9 Å². The molecule has 1 fully saturated rings. The Morgan fingerprint density at radius 3 is 2.94 bits per heavy atom. The van der Waals surface area contributed by atoms with Crippen LogP contribution in [0.1, 0.15) is 18.4 Å². The number of nitrogens with zero attached hydrogens (tertiary/aromatic N) is 1. The summed E-state index contributed by atoms with van der Waals surface area (Å²) in [5.74, 6) is 0.349. The van der Waals surface area contributed by atoms with Crippen LogP contribution >= 0.6 is 0 Å². The molecule has 1 saturated carbocycles. The molecule has 3 rings (SSSR count). The van der Waals surface area contributed by atoms with Crippen LogP contribution in [0.2, 0.25) is 0 Å². The van der Waals surface area contributed by atoms with Gasteiger partial charge in [0.1, 0.15) is 0 Å². The van der Waals surface area contributed by atoms with E-state index in [-0.39, 0.29) is 11.8 Å². The second-order valence-electron chi connectivity index (χ2n) is 4.68. The van der Waals surface area contributed by atoms with E-state index in [0.717, 1.165) is 29.4 Å². The summed E-state index contributed by atoms with van der Waals surface area (Å²) in [6, 6.07) is 8.10. The van der Waals surface area contributed by atoms with E-state index in [0.29, 0.717) is 0 Å². The number of fused-ring (bicyclic) bond motifs is 1. The Morgan fingerprint density at radius 2 is 2.18 bits per heavy atom. The SMILES string of the molecule is Cc1ccc2cc(NC(=O)C3CC3)cnc2c1. The first-order chi connectivity index (χ1) is 8.22. The van der Waals surface area contributed by atoms with Gasteiger partial charge in [0.2, 0.25) is 5.91 Å².